The first kappa shape index (κ1) is 21.5. The monoisotopic (exact) mass is 419 g/mol. The van der Waals surface area contributed by atoms with E-state index in [2.05, 4.69) is 14.8 Å². The van der Waals surface area contributed by atoms with E-state index < -0.39 is 6.61 Å². The van der Waals surface area contributed by atoms with Crippen molar-refractivity contribution < 1.29 is 27.8 Å². The van der Waals surface area contributed by atoms with Gasteiger partial charge in [-0.05, 0) is 50.5 Å². The topological polar surface area (TPSA) is 75.0 Å². The molecule has 160 valence electrons. The fourth-order valence-electron chi connectivity index (χ4n) is 3.26. The number of esters is 1. The van der Waals surface area contributed by atoms with Crippen LogP contribution in [0.15, 0.2) is 24.3 Å². The summed E-state index contributed by atoms with van der Waals surface area (Å²) in [6, 6.07) is 6.30. The minimum absolute atomic E-state index is 0.00223. The molecule has 3 rings (SSSR count). The number of fused-ring (bicyclic) bond motifs is 1. The molecule has 0 bridgehead atoms. The highest BCUT2D eigenvalue weighted by Crippen LogP contribution is 2.29. The number of halogens is 2. The van der Waals surface area contributed by atoms with Crippen LogP contribution in [-0.4, -0.2) is 34.3 Å². The normalized spacial score (nSPS) is 11.2. The molecule has 0 atom stereocenters. The average Bonchev–Trinajstić information content (AvgIpc) is 3.06. The number of nitrogens with zero attached hydrogens (tertiary/aromatic N) is 3. The highest BCUT2D eigenvalue weighted by atomic mass is 19.3. The van der Waals surface area contributed by atoms with Crippen LogP contribution >= 0.6 is 0 Å². The maximum absolute atomic E-state index is 12.4. The number of ether oxygens (including phenoxy) is 3. The van der Waals surface area contributed by atoms with Crippen molar-refractivity contribution in [2.75, 3.05) is 7.11 Å². The van der Waals surface area contributed by atoms with Gasteiger partial charge in [0.1, 0.15) is 6.61 Å². The minimum Gasteiger partial charge on any atom is -0.493 e. The van der Waals surface area contributed by atoms with Gasteiger partial charge in [0.05, 0.1) is 12.8 Å². The second-order valence-electron chi connectivity index (χ2n) is 6.84. The summed E-state index contributed by atoms with van der Waals surface area (Å²) in [5, 5.41) is 4.43. The number of hydrogen-bond acceptors (Lipinski definition) is 6. The van der Waals surface area contributed by atoms with Crippen LogP contribution < -0.4 is 9.47 Å². The van der Waals surface area contributed by atoms with Crippen LogP contribution in [0.25, 0.3) is 5.65 Å². The fraction of sp³-hybridized carbons (Fsp3) is 0.381. The zero-order valence-electron chi connectivity index (χ0n) is 17.2. The van der Waals surface area contributed by atoms with E-state index in [1.807, 2.05) is 26.8 Å². The van der Waals surface area contributed by atoms with Gasteiger partial charge < -0.3 is 14.2 Å². The maximum atomic E-state index is 12.4. The summed E-state index contributed by atoms with van der Waals surface area (Å²) in [4.78, 5) is 16.8. The quantitative estimate of drug-likeness (QED) is 0.515. The molecule has 0 spiro atoms. The van der Waals surface area contributed by atoms with Crippen LogP contribution in [0.2, 0.25) is 0 Å². The summed E-state index contributed by atoms with van der Waals surface area (Å²) in [6.07, 6.45) is 0.654. The van der Waals surface area contributed by atoms with E-state index in [1.165, 1.54) is 19.2 Å². The molecular weight excluding hydrogens is 396 g/mol. The van der Waals surface area contributed by atoms with Gasteiger partial charge in [0.2, 0.25) is 0 Å². The number of carbonyl (C=O) groups excluding carboxylic acids is 1. The van der Waals surface area contributed by atoms with Crippen LogP contribution in [0.4, 0.5) is 8.78 Å². The lowest BCUT2D eigenvalue weighted by Gasteiger charge is -2.12. The van der Waals surface area contributed by atoms with Crippen LogP contribution in [0.5, 0.6) is 11.5 Å². The summed E-state index contributed by atoms with van der Waals surface area (Å²) in [6.45, 7) is 2.81. The van der Waals surface area contributed by atoms with Crippen molar-refractivity contribution in [2.24, 2.45) is 0 Å². The highest BCUT2D eigenvalue weighted by molar-refractivity contribution is 5.70. The molecule has 2 heterocycles. The molecule has 0 radical (unpaired) electrons. The largest absolute Gasteiger partial charge is 0.493 e. The van der Waals surface area contributed by atoms with Crippen molar-refractivity contribution in [2.45, 2.75) is 46.8 Å². The van der Waals surface area contributed by atoms with E-state index in [9.17, 15) is 13.6 Å². The van der Waals surface area contributed by atoms with E-state index in [0.29, 0.717) is 12.0 Å². The number of benzene rings is 1. The summed E-state index contributed by atoms with van der Waals surface area (Å²) in [7, 11) is 1.35. The van der Waals surface area contributed by atoms with Gasteiger partial charge in [0.15, 0.2) is 17.1 Å². The molecule has 0 fully saturated rings. The van der Waals surface area contributed by atoms with E-state index >= 15 is 0 Å². The molecule has 7 nitrogen and oxygen atoms in total. The minimum atomic E-state index is -2.95. The molecule has 0 aliphatic heterocycles. The third-order valence-corrected chi connectivity index (χ3v) is 4.71. The molecule has 0 N–H and O–H groups in total. The zero-order chi connectivity index (χ0) is 21.8. The Morgan fingerprint density at radius 3 is 2.63 bits per heavy atom. The van der Waals surface area contributed by atoms with Crippen molar-refractivity contribution in [3.63, 3.8) is 0 Å². The van der Waals surface area contributed by atoms with Gasteiger partial charge in [-0.1, -0.05) is 6.07 Å². The molecule has 30 heavy (non-hydrogen) atoms. The molecule has 9 heteroatoms. The summed E-state index contributed by atoms with van der Waals surface area (Å²) in [5.74, 6) is -0.313. The Hall–Kier alpha value is -3.23. The van der Waals surface area contributed by atoms with Gasteiger partial charge in [0, 0.05) is 23.9 Å². The van der Waals surface area contributed by atoms with E-state index in [1.54, 1.807) is 10.6 Å². The Labute approximate surface area is 172 Å². The summed E-state index contributed by atoms with van der Waals surface area (Å²) >= 11 is 0. The number of carbonyl (C=O) groups is 1. The SMILES string of the molecule is COc1cc(COC(=O)CCc2c(C)nc3cc(C)nn3c2C)ccc1OC(F)F. The van der Waals surface area contributed by atoms with Crippen molar-refractivity contribution in [1.29, 1.82) is 0 Å². The first-order valence-electron chi connectivity index (χ1n) is 9.38. The van der Waals surface area contributed by atoms with Gasteiger partial charge in [-0.2, -0.15) is 13.9 Å². The predicted molar refractivity (Wildman–Crippen MR) is 105 cm³/mol. The number of aryl methyl sites for hydroxylation is 3. The third kappa shape index (κ3) is 4.84. The number of aromatic nitrogens is 3. The molecule has 1 aromatic carbocycles. The van der Waals surface area contributed by atoms with Crippen LogP contribution in [0.1, 0.15) is 34.6 Å². The van der Waals surface area contributed by atoms with Gasteiger partial charge in [-0.3, -0.25) is 4.79 Å². The zero-order valence-corrected chi connectivity index (χ0v) is 17.2. The van der Waals surface area contributed by atoms with Crippen LogP contribution in [0, 0.1) is 20.8 Å². The molecule has 0 unspecified atom stereocenters. The first-order valence-corrected chi connectivity index (χ1v) is 9.38. The standard InChI is InChI=1S/C21H23F2N3O4/c1-12-9-19-24-13(2)16(14(3)26(19)25-12)6-8-20(27)29-11-15-5-7-17(30-21(22)23)18(10-15)28-4/h5,7,9-10,21H,6,8,11H2,1-4H3. The van der Waals surface area contributed by atoms with Crippen molar-refractivity contribution in [1.82, 2.24) is 14.6 Å². The van der Waals surface area contributed by atoms with E-state index in [4.69, 9.17) is 9.47 Å². The number of methoxy groups -OCH3 is 1. The second-order valence-corrected chi connectivity index (χ2v) is 6.84. The second kappa shape index (κ2) is 9.06. The Morgan fingerprint density at radius 1 is 1.17 bits per heavy atom. The van der Waals surface area contributed by atoms with Gasteiger partial charge in [-0.15, -0.1) is 0 Å². The fourth-order valence-corrected chi connectivity index (χ4v) is 3.26. The molecule has 0 aliphatic carbocycles. The van der Waals surface area contributed by atoms with Crippen LogP contribution in [-0.2, 0) is 22.6 Å². The Balaban J connectivity index is 1.61. The smallest absolute Gasteiger partial charge is 0.387 e. The first-order chi connectivity index (χ1) is 14.3. The molecule has 0 saturated carbocycles. The Bertz CT molecular complexity index is 1070. The summed E-state index contributed by atoms with van der Waals surface area (Å²) < 4.78 is 41.3. The van der Waals surface area contributed by atoms with Gasteiger partial charge in [0.25, 0.3) is 0 Å². The molecular formula is C21H23F2N3O4. The molecule has 0 amide bonds. The lowest BCUT2D eigenvalue weighted by atomic mass is 10.1. The third-order valence-electron chi connectivity index (χ3n) is 4.71. The number of rotatable bonds is 8. The summed E-state index contributed by atoms with van der Waals surface area (Å²) in [5.41, 5.74) is 5.01. The van der Waals surface area contributed by atoms with E-state index in [0.717, 1.165) is 28.3 Å². The van der Waals surface area contributed by atoms with Gasteiger partial charge >= 0.3 is 12.6 Å². The number of alkyl halides is 2. The maximum Gasteiger partial charge on any atom is 0.387 e. The number of hydrogen-bond donors (Lipinski definition) is 0. The Morgan fingerprint density at radius 2 is 1.93 bits per heavy atom. The van der Waals surface area contributed by atoms with Crippen molar-refractivity contribution in [3.8, 4) is 11.5 Å². The van der Waals surface area contributed by atoms with Gasteiger partial charge in [-0.25, -0.2) is 9.50 Å². The molecule has 0 saturated heterocycles. The van der Waals surface area contributed by atoms with Crippen molar-refractivity contribution in [3.05, 3.63) is 52.5 Å². The molecule has 3 aromatic rings. The lowest BCUT2D eigenvalue weighted by Crippen LogP contribution is -2.10. The van der Waals surface area contributed by atoms with Crippen LogP contribution in [0.3, 0.4) is 0 Å². The van der Waals surface area contributed by atoms with E-state index in [-0.39, 0.29) is 30.5 Å². The Kier molecular flexibility index (Phi) is 6.49. The van der Waals surface area contributed by atoms with Crippen molar-refractivity contribution >= 4 is 11.6 Å². The predicted octanol–water partition coefficient (Wildman–Crippen LogP) is 3.94. The molecule has 2 aromatic heterocycles. The molecule has 0 aliphatic rings. The highest BCUT2D eigenvalue weighted by Gasteiger charge is 2.15. The average molecular weight is 419 g/mol. The lowest BCUT2D eigenvalue weighted by molar-refractivity contribution is -0.144.